The van der Waals surface area contributed by atoms with Crippen LogP contribution in [0.2, 0.25) is 0 Å². The van der Waals surface area contributed by atoms with Crippen LogP contribution >= 0.6 is 11.3 Å². The van der Waals surface area contributed by atoms with Gasteiger partial charge < -0.3 is 11.1 Å². The van der Waals surface area contributed by atoms with E-state index in [1.807, 2.05) is 19.2 Å². The van der Waals surface area contributed by atoms with Gasteiger partial charge >= 0.3 is 0 Å². The maximum Gasteiger partial charge on any atom is 0.226 e. The van der Waals surface area contributed by atoms with E-state index in [9.17, 15) is 9.18 Å². The number of nitrogens with two attached hydrogens (primary N) is 1. The third kappa shape index (κ3) is 4.84. The van der Waals surface area contributed by atoms with E-state index in [0.29, 0.717) is 17.2 Å². The zero-order chi connectivity index (χ0) is 16.9. The van der Waals surface area contributed by atoms with E-state index in [1.165, 1.54) is 23.5 Å². The zero-order valence-corrected chi connectivity index (χ0v) is 14.3. The number of hydrogen-bond acceptors (Lipinski definition) is 4. The Morgan fingerprint density at radius 1 is 1.39 bits per heavy atom. The zero-order valence-electron chi connectivity index (χ0n) is 13.4. The highest BCUT2D eigenvalue weighted by Crippen LogP contribution is 2.24. The summed E-state index contributed by atoms with van der Waals surface area (Å²) in [4.78, 5) is 16.4. The highest BCUT2D eigenvalue weighted by atomic mass is 32.1. The minimum absolute atomic E-state index is 0.0992. The van der Waals surface area contributed by atoms with Crippen molar-refractivity contribution in [3.63, 3.8) is 0 Å². The lowest BCUT2D eigenvalue weighted by atomic mass is 9.94. The van der Waals surface area contributed by atoms with Gasteiger partial charge in [0.05, 0.1) is 12.1 Å². The quantitative estimate of drug-likeness (QED) is 0.817. The largest absolute Gasteiger partial charge is 0.354 e. The molecule has 124 valence electrons. The van der Waals surface area contributed by atoms with Crippen molar-refractivity contribution in [2.75, 3.05) is 6.54 Å². The number of carbonyl (C=O) groups excluding carboxylic acids is 1. The van der Waals surface area contributed by atoms with Crippen LogP contribution in [0.4, 0.5) is 4.39 Å². The van der Waals surface area contributed by atoms with Crippen molar-refractivity contribution in [2.24, 2.45) is 5.73 Å². The smallest absolute Gasteiger partial charge is 0.226 e. The summed E-state index contributed by atoms with van der Waals surface area (Å²) in [7, 11) is 0. The molecule has 0 aliphatic rings. The fourth-order valence-corrected chi connectivity index (χ4v) is 2.96. The van der Waals surface area contributed by atoms with Gasteiger partial charge in [0.15, 0.2) is 0 Å². The number of rotatable bonds is 7. The van der Waals surface area contributed by atoms with Crippen LogP contribution < -0.4 is 11.1 Å². The van der Waals surface area contributed by atoms with E-state index in [-0.39, 0.29) is 23.7 Å². The molecule has 0 spiro atoms. The van der Waals surface area contributed by atoms with Crippen LogP contribution in [0.15, 0.2) is 29.6 Å². The first-order valence-electron chi connectivity index (χ1n) is 7.71. The molecule has 0 fully saturated rings. The molecule has 6 heteroatoms. The number of nitrogens with zero attached hydrogens (tertiary/aromatic N) is 1. The lowest BCUT2D eigenvalue weighted by Crippen LogP contribution is -2.49. The van der Waals surface area contributed by atoms with Crippen LogP contribution in [0.3, 0.4) is 0 Å². The highest BCUT2D eigenvalue weighted by Gasteiger charge is 2.21. The van der Waals surface area contributed by atoms with Crippen molar-refractivity contribution in [3.8, 4) is 10.6 Å². The lowest BCUT2D eigenvalue weighted by Gasteiger charge is -2.26. The normalized spacial score (nSPS) is 11.5. The van der Waals surface area contributed by atoms with E-state index in [0.717, 1.165) is 18.4 Å². The summed E-state index contributed by atoms with van der Waals surface area (Å²) in [5.74, 6) is -0.395. The number of amides is 1. The van der Waals surface area contributed by atoms with Crippen molar-refractivity contribution in [1.29, 1.82) is 0 Å². The van der Waals surface area contributed by atoms with Gasteiger partial charge in [-0.15, -0.1) is 11.3 Å². The molecular formula is C17H22FN3OS. The molecule has 3 N–H and O–H groups in total. The number of benzene rings is 1. The van der Waals surface area contributed by atoms with Crippen molar-refractivity contribution in [3.05, 3.63) is 41.2 Å². The van der Waals surface area contributed by atoms with E-state index in [1.54, 1.807) is 12.1 Å². The first-order valence-corrected chi connectivity index (χ1v) is 8.59. The van der Waals surface area contributed by atoms with Gasteiger partial charge in [-0.2, -0.15) is 0 Å². The van der Waals surface area contributed by atoms with E-state index < -0.39 is 0 Å². The van der Waals surface area contributed by atoms with Crippen LogP contribution in [0.25, 0.3) is 10.6 Å². The summed E-state index contributed by atoms with van der Waals surface area (Å²) in [5.41, 5.74) is 7.22. The molecule has 0 radical (unpaired) electrons. The van der Waals surface area contributed by atoms with E-state index >= 15 is 0 Å². The second-order valence-electron chi connectivity index (χ2n) is 5.68. The van der Waals surface area contributed by atoms with Gasteiger partial charge in [-0.05, 0) is 25.0 Å². The molecule has 0 aliphatic carbocycles. The van der Waals surface area contributed by atoms with E-state index in [2.05, 4.69) is 10.3 Å². The van der Waals surface area contributed by atoms with Crippen molar-refractivity contribution >= 4 is 17.2 Å². The van der Waals surface area contributed by atoms with Crippen LogP contribution in [0.5, 0.6) is 0 Å². The van der Waals surface area contributed by atoms with Gasteiger partial charge in [0.25, 0.3) is 0 Å². The van der Waals surface area contributed by atoms with Gasteiger partial charge in [-0.25, -0.2) is 9.37 Å². The molecule has 0 unspecified atom stereocenters. The minimum Gasteiger partial charge on any atom is -0.354 e. The molecule has 1 amide bonds. The fourth-order valence-electron chi connectivity index (χ4n) is 2.14. The van der Waals surface area contributed by atoms with Gasteiger partial charge in [0, 0.05) is 23.0 Å². The summed E-state index contributed by atoms with van der Waals surface area (Å²) in [6.45, 7) is 4.49. The second-order valence-corrected chi connectivity index (χ2v) is 6.54. The molecule has 2 rings (SSSR count). The predicted octanol–water partition coefficient (Wildman–Crippen LogP) is 3.13. The maximum absolute atomic E-state index is 13.2. The third-order valence-corrected chi connectivity index (χ3v) is 4.95. The Morgan fingerprint density at radius 2 is 2.13 bits per heavy atom. The number of aromatic nitrogens is 1. The van der Waals surface area contributed by atoms with Crippen LogP contribution in [-0.4, -0.2) is 23.0 Å². The Hall–Kier alpha value is -1.79. The minimum atomic E-state index is -0.357. The molecule has 0 bridgehead atoms. The Balaban J connectivity index is 1.95. The standard InChI is InChI=1S/C17H22FN3OS/c1-3-17(19,4-2)11-20-15(22)9-14-10-23-16(21-14)12-6-5-7-13(18)8-12/h5-8,10H,3-4,9,11,19H2,1-2H3,(H,20,22). The summed E-state index contributed by atoms with van der Waals surface area (Å²) in [5, 5.41) is 5.41. The topological polar surface area (TPSA) is 68.0 Å². The first-order chi connectivity index (χ1) is 11.0. The lowest BCUT2D eigenvalue weighted by molar-refractivity contribution is -0.120. The SMILES string of the molecule is CCC(N)(CC)CNC(=O)Cc1csc(-c2cccc(F)c2)n1. The first kappa shape index (κ1) is 17.6. The number of carbonyl (C=O) groups is 1. The molecule has 4 nitrogen and oxygen atoms in total. The van der Waals surface area contributed by atoms with Crippen molar-refractivity contribution < 1.29 is 9.18 Å². The molecule has 1 heterocycles. The maximum atomic E-state index is 13.2. The number of thiazole rings is 1. The molecule has 1 aromatic carbocycles. The highest BCUT2D eigenvalue weighted by molar-refractivity contribution is 7.13. The molecule has 23 heavy (non-hydrogen) atoms. The van der Waals surface area contributed by atoms with E-state index in [4.69, 9.17) is 5.73 Å². The van der Waals surface area contributed by atoms with Crippen LogP contribution in [-0.2, 0) is 11.2 Å². The molecule has 0 saturated carbocycles. The van der Waals surface area contributed by atoms with Crippen LogP contribution in [0, 0.1) is 5.82 Å². The average Bonchev–Trinajstić information content (AvgIpc) is 3.01. The number of halogens is 1. The summed E-state index contributed by atoms with van der Waals surface area (Å²) in [6, 6.07) is 6.28. The summed E-state index contributed by atoms with van der Waals surface area (Å²) >= 11 is 1.40. The number of nitrogens with one attached hydrogen (secondary N) is 1. The molecule has 0 aliphatic heterocycles. The average molecular weight is 335 g/mol. The molecule has 0 saturated heterocycles. The Morgan fingerprint density at radius 3 is 2.78 bits per heavy atom. The molecule has 2 aromatic rings. The predicted molar refractivity (Wildman–Crippen MR) is 91.7 cm³/mol. The van der Waals surface area contributed by atoms with Crippen LogP contribution in [0.1, 0.15) is 32.4 Å². The van der Waals surface area contributed by atoms with Crippen molar-refractivity contribution in [1.82, 2.24) is 10.3 Å². The Labute approximate surface area is 139 Å². The van der Waals surface area contributed by atoms with Crippen molar-refractivity contribution in [2.45, 2.75) is 38.6 Å². The Bertz CT molecular complexity index is 667. The summed E-state index contributed by atoms with van der Waals surface area (Å²) in [6.07, 6.45) is 1.82. The van der Waals surface area contributed by atoms with Gasteiger partial charge in [0.1, 0.15) is 10.8 Å². The number of hydrogen-bond donors (Lipinski definition) is 2. The molecule has 1 aromatic heterocycles. The summed E-state index contributed by atoms with van der Waals surface area (Å²) < 4.78 is 13.2. The molecule has 0 atom stereocenters. The van der Waals surface area contributed by atoms with Gasteiger partial charge in [-0.3, -0.25) is 4.79 Å². The van der Waals surface area contributed by atoms with Gasteiger partial charge in [-0.1, -0.05) is 26.0 Å². The van der Waals surface area contributed by atoms with Gasteiger partial charge in [0.2, 0.25) is 5.91 Å². The molecular weight excluding hydrogens is 313 g/mol. The Kier molecular flexibility index (Phi) is 5.85. The third-order valence-electron chi connectivity index (χ3n) is 4.01. The second kappa shape index (κ2) is 7.66. The monoisotopic (exact) mass is 335 g/mol. The fraction of sp³-hybridized carbons (Fsp3) is 0.412.